The van der Waals surface area contributed by atoms with Crippen LogP contribution in [0.15, 0.2) is 0 Å². The number of rotatable bonds is 13. The van der Waals surface area contributed by atoms with E-state index in [-0.39, 0.29) is 9.49 Å². The van der Waals surface area contributed by atoms with Gasteiger partial charge < -0.3 is 15.1 Å². The fourth-order valence-electron chi connectivity index (χ4n) is 3.77. The molecule has 0 radical (unpaired) electrons. The zero-order valence-electron chi connectivity index (χ0n) is 18.1. The first kappa shape index (κ1) is 24.6. The fraction of sp³-hybridized carbons (Fsp3) is 1.00. The van der Waals surface area contributed by atoms with Gasteiger partial charge >= 0.3 is 0 Å². The van der Waals surface area contributed by atoms with Crippen LogP contribution in [0.2, 0.25) is 0 Å². The van der Waals surface area contributed by atoms with Gasteiger partial charge in [0.1, 0.15) is 0 Å². The Hall–Kier alpha value is 0.580. The molecule has 1 fully saturated rings. The molecular weight excluding hydrogens is 358 g/mol. The van der Waals surface area contributed by atoms with E-state index in [0.29, 0.717) is 0 Å². The van der Waals surface area contributed by atoms with Crippen LogP contribution in [0.3, 0.4) is 0 Å². The normalized spacial score (nSPS) is 18.5. The molecule has 156 valence electrons. The van der Waals surface area contributed by atoms with Crippen LogP contribution in [0.5, 0.6) is 0 Å². The third kappa shape index (κ3) is 13.7. The largest absolute Gasteiger partial charge is 0.315 e. The SMILES string of the molecule is CN(CCC(CCNCC(C)(C)S)CC(C)(C)S)CCN1CCCCC1. The van der Waals surface area contributed by atoms with Gasteiger partial charge in [-0.05, 0) is 85.1 Å². The van der Waals surface area contributed by atoms with Crippen LogP contribution in [0, 0.1) is 5.92 Å². The van der Waals surface area contributed by atoms with E-state index in [1.807, 2.05) is 0 Å². The summed E-state index contributed by atoms with van der Waals surface area (Å²) in [6.45, 7) is 17.1. The van der Waals surface area contributed by atoms with Gasteiger partial charge in [-0.2, -0.15) is 25.3 Å². The molecular formula is C21H45N3S2. The van der Waals surface area contributed by atoms with Gasteiger partial charge in [-0.15, -0.1) is 0 Å². The fourth-order valence-corrected chi connectivity index (χ4v) is 4.14. The Kier molecular flexibility index (Phi) is 11.6. The molecule has 1 aliphatic heterocycles. The van der Waals surface area contributed by atoms with Crippen molar-refractivity contribution in [2.45, 2.75) is 75.7 Å². The molecule has 5 heteroatoms. The molecule has 1 rings (SSSR count). The topological polar surface area (TPSA) is 18.5 Å². The van der Waals surface area contributed by atoms with Gasteiger partial charge in [0.2, 0.25) is 0 Å². The summed E-state index contributed by atoms with van der Waals surface area (Å²) in [6, 6.07) is 0. The quantitative estimate of drug-likeness (QED) is 0.316. The lowest BCUT2D eigenvalue weighted by molar-refractivity contribution is 0.190. The molecule has 1 N–H and O–H groups in total. The highest BCUT2D eigenvalue weighted by Gasteiger charge is 2.20. The second kappa shape index (κ2) is 12.2. The first-order valence-electron chi connectivity index (χ1n) is 10.6. The Bertz CT molecular complexity index is 357. The van der Waals surface area contributed by atoms with Crippen molar-refractivity contribution in [1.29, 1.82) is 0 Å². The minimum atomic E-state index is 0.0625. The van der Waals surface area contributed by atoms with E-state index in [0.717, 1.165) is 19.0 Å². The molecule has 0 bridgehead atoms. The number of nitrogens with zero attached hydrogens (tertiary/aromatic N) is 2. The lowest BCUT2D eigenvalue weighted by atomic mass is 9.90. The zero-order valence-corrected chi connectivity index (χ0v) is 19.8. The molecule has 0 amide bonds. The predicted molar refractivity (Wildman–Crippen MR) is 124 cm³/mol. The number of piperidine rings is 1. The van der Waals surface area contributed by atoms with Gasteiger partial charge in [0.15, 0.2) is 0 Å². The molecule has 0 spiro atoms. The minimum absolute atomic E-state index is 0.0625. The van der Waals surface area contributed by atoms with E-state index in [9.17, 15) is 0 Å². The highest BCUT2D eigenvalue weighted by Crippen LogP contribution is 2.27. The summed E-state index contributed by atoms with van der Waals surface area (Å²) in [5.41, 5.74) is 0. The number of likely N-dealkylation sites (N-methyl/N-ethyl adjacent to an activating group) is 1. The molecule has 0 aromatic heterocycles. The maximum absolute atomic E-state index is 4.79. The van der Waals surface area contributed by atoms with Crippen LogP contribution >= 0.6 is 25.3 Å². The van der Waals surface area contributed by atoms with E-state index < -0.39 is 0 Å². The lowest BCUT2D eigenvalue weighted by Crippen LogP contribution is -2.37. The summed E-state index contributed by atoms with van der Waals surface area (Å²) < 4.78 is 0.173. The van der Waals surface area contributed by atoms with Crippen molar-refractivity contribution >= 4 is 25.3 Å². The molecule has 0 aromatic rings. The van der Waals surface area contributed by atoms with Crippen LogP contribution < -0.4 is 5.32 Å². The Labute approximate surface area is 174 Å². The van der Waals surface area contributed by atoms with Crippen LogP contribution in [-0.4, -0.2) is 72.2 Å². The van der Waals surface area contributed by atoms with Crippen molar-refractivity contribution in [2.75, 3.05) is 52.9 Å². The lowest BCUT2D eigenvalue weighted by Gasteiger charge is -2.30. The van der Waals surface area contributed by atoms with Crippen molar-refractivity contribution in [2.24, 2.45) is 5.92 Å². The van der Waals surface area contributed by atoms with E-state index in [2.05, 4.69) is 62.5 Å². The Morgan fingerprint density at radius 3 is 2.19 bits per heavy atom. The number of hydrogen-bond acceptors (Lipinski definition) is 5. The highest BCUT2D eigenvalue weighted by molar-refractivity contribution is 7.82. The van der Waals surface area contributed by atoms with Gasteiger partial charge in [-0.1, -0.05) is 20.3 Å². The Morgan fingerprint density at radius 1 is 0.962 bits per heavy atom. The molecule has 0 saturated carbocycles. The summed E-state index contributed by atoms with van der Waals surface area (Å²) >= 11 is 9.39. The van der Waals surface area contributed by atoms with Crippen molar-refractivity contribution in [1.82, 2.24) is 15.1 Å². The molecule has 1 atom stereocenters. The van der Waals surface area contributed by atoms with E-state index in [4.69, 9.17) is 12.6 Å². The molecule has 1 saturated heterocycles. The Balaban J connectivity index is 2.29. The van der Waals surface area contributed by atoms with Crippen molar-refractivity contribution in [3.8, 4) is 0 Å². The molecule has 1 unspecified atom stereocenters. The molecule has 0 aromatic carbocycles. The summed E-state index contributed by atoms with van der Waals surface area (Å²) in [5.74, 6) is 0.732. The van der Waals surface area contributed by atoms with Crippen molar-refractivity contribution in [3.63, 3.8) is 0 Å². The molecule has 1 heterocycles. The third-order valence-corrected chi connectivity index (χ3v) is 5.58. The van der Waals surface area contributed by atoms with Crippen molar-refractivity contribution < 1.29 is 0 Å². The molecule has 1 aliphatic rings. The highest BCUT2D eigenvalue weighted by atomic mass is 32.1. The molecule has 26 heavy (non-hydrogen) atoms. The summed E-state index contributed by atoms with van der Waals surface area (Å²) in [6.07, 6.45) is 7.88. The van der Waals surface area contributed by atoms with Gasteiger partial charge in [-0.25, -0.2) is 0 Å². The number of likely N-dealkylation sites (tertiary alicyclic amines) is 1. The zero-order chi connectivity index (χ0) is 19.6. The predicted octanol–water partition coefficient (Wildman–Crippen LogP) is 4.20. The average Bonchev–Trinajstić information content (AvgIpc) is 2.53. The summed E-state index contributed by atoms with van der Waals surface area (Å²) in [4.78, 5) is 5.16. The summed E-state index contributed by atoms with van der Waals surface area (Å²) in [5, 5.41) is 3.58. The van der Waals surface area contributed by atoms with E-state index >= 15 is 0 Å². The van der Waals surface area contributed by atoms with Crippen molar-refractivity contribution in [3.05, 3.63) is 0 Å². The van der Waals surface area contributed by atoms with Crippen LogP contribution in [0.25, 0.3) is 0 Å². The van der Waals surface area contributed by atoms with Gasteiger partial charge in [0.05, 0.1) is 0 Å². The monoisotopic (exact) mass is 403 g/mol. The van der Waals surface area contributed by atoms with Gasteiger partial charge in [-0.3, -0.25) is 0 Å². The first-order valence-corrected chi connectivity index (χ1v) is 11.5. The van der Waals surface area contributed by atoms with Crippen LogP contribution in [0.1, 0.15) is 66.2 Å². The maximum atomic E-state index is 4.79. The van der Waals surface area contributed by atoms with E-state index in [1.165, 1.54) is 71.2 Å². The Morgan fingerprint density at radius 2 is 1.62 bits per heavy atom. The van der Waals surface area contributed by atoms with Gasteiger partial charge in [0.25, 0.3) is 0 Å². The number of hydrogen-bond donors (Lipinski definition) is 3. The molecule has 0 aliphatic carbocycles. The average molecular weight is 404 g/mol. The summed E-state index contributed by atoms with van der Waals surface area (Å²) in [7, 11) is 2.29. The molecule has 3 nitrogen and oxygen atoms in total. The smallest absolute Gasteiger partial charge is 0.0198 e. The standard InChI is InChI=1S/C21H45N3S2/c1-20(2,25)17-19(9-11-22-18-21(3,4)26)10-14-23(5)15-16-24-12-7-6-8-13-24/h19,22,25-26H,6-18H2,1-5H3. The number of thiol groups is 2. The first-order chi connectivity index (χ1) is 12.1. The maximum Gasteiger partial charge on any atom is 0.0198 e. The van der Waals surface area contributed by atoms with Crippen LogP contribution in [-0.2, 0) is 0 Å². The second-order valence-electron chi connectivity index (χ2n) is 9.65. The van der Waals surface area contributed by atoms with Crippen LogP contribution in [0.4, 0.5) is 0 Å². The minimum Gasteiger partial charge on any atom is -0.315 e. The third-order valence-electron chi connectivity index (χ3n) is 5.24. The second-order valence-corrected chi connectivity index (χ2v) is 12.1. The van der Waals surface area contributed by atoms with E-state index in [1.54, 1.807) is 0 Å². The van der Waals surface area contributed by atoms with Gasteiger partial charge in [0, 0.05) is 29.1 Å². The number of nitrogens with one attached hydrogen (secondary N) is 1.